The summed E-state index contributed by atoms with van der Waals surface area (Å²) >= 11 is 0. The molecule has 3 nitrogen and oxygen atoms in total. The maximum Gasteiger partial charge on any atom is 0.293 e. The van der Waals surface area contributed by atoms with E-state index >= 15 is 0 Å². The minimum Gasteiger partial charge on any atom is -0.468 e. The predicted octanol–water partition coefficient (Wildman–Crippen LogP) is 2.50. The highest BCUT2D eigenvalue weighted by Gasteiger charge is 1.94. The first kappa shape index (κ1) is 16.2. The van der Waals surface area contributed by atoms with Gasteiger partial charge in [0.1, 0.15) is 0 Å². The summed E-state index contributed by atoms with van der Waals surface area (Å²) in [6.45, 7) is 17.5. The Morgan fingerprint density at radius 1 is 1.47 bits per heavy atom. The van der Waals surface area contributed by atoms with Crippen LogP contribution in [0.1, 0.15) is 27.7 Å². The van der Waals surface area contributed by atoms with Crippen LogP contribution in [0.5, 0.6) is 0 Å². The predicted molar refractivity (Wildman–Crippen MR) is 64.5 cm³/mol. The summed E-state index contributed by atoms with van der Waals surface area (Å²) in [5.74, 6) is 0.663. The van der Waals surface area contributed by atoms with Crippen LogP contribution in [0.15, 0.2) is 24.4 Å². The van der Waals surface area contributed by atoms with Crippen molar-refractivity contribution in [1.29, 1.82) is 0 Å². The molecule has 0 aliphatic heterocycles. The third kappa shape index (κ3) is 15.5. The Hall–Kier alpha value is -1.25. The van der Waals surface area contributed by atoms with Crippen molar-refractivity contribution >= 4 is 6.47 Å². The van der Waals surface area contributed by atoms with Crippen LogP contribution in [-0.4, -0.2) is 19.6 Å². The zero-order chi connectivity index (χ0) is 12.3. The molecule has 0 aliphatic rings. The highest BCUT2D eigenvalue weighted by molar-refractivity contribution is 5.36. The van der Waals surface area contributed by atoms with Gasteiger partial charge in [-0.2, -0.15) is 0 Å². The highest BCUT2D eigenvalue weighted by atomic mass is 16.5. The molecule has 0 saturated heterocycles. The zero-order valence-corrected chi connectivity index (χ0v) is 10.3. The number of allylic oxidation sites excluding steroid dienone is 1. The number of hydrogen-bond donors (Lipinski definition) is 1. The zero-order valence-electron chi connectivity index (χ0n) is 10.3. The smallest absolute Gasteiger partial charge is 0.293 e. The van der Waals surface area contributed by atoms with Gasteiger partial charge in [0.2, 0.25) is 0 Å². The second-order valence-electron chi connectivity index (χ2n) is 3.59. The van der Waals surface area contributed by atoms with E-state index in [0.717, 1.165) is 17.8 Å². The minimum atomic E-state index is 0.431. The Kier molecular flexibility index (Phi) is 11.7. The van der Waals surface area contributed by atoms with E-state index in [9.17, 15) is 4.79 Å². The summed E-state index contributed by atoms with van der Waals surface area (Å²) in [5.41, 5.74) is 1.97. The number of carbonyl (C=O) groups excluding carboxylic acids is 1. The fourth-order valence-corrected chi connectivity index (χ4v) is 0.546. The first-order valence-corrected chi connectivity index (χ1v) is 5.09. The lowest BCUT2D eigenvalue weighted by molar-refractivity contribution is -0.128. The molecule has 15 heavy (non-hydrogen) atoms. The molecule has 0 fully saturated rings. The van der Waals surface area contributed by atoms with E-state index in [2.05, 4.69) is 37.1 Å². The van der Waals surface area contributed by atoms with Crippen LogP contribution >= 0.6 is 0 Å². The summed E-state index contributed by atoms with van der Waals surface area (Å²) in [5, 5.41) is 3.19. The van der Waals surface area contributed by atoms with Crippen LogP contribution in [0, 0.1) is 5.92 Å². The van der Waals surface area contributed by atoms with E-state index < -0.39 is 0 Å². The quantitative estimate of drug-likeness (QED) is 0.544. The number of hydrogen-bond acceptors (Lipinski definition) is 3. The largest absolute Gasteiger partial charge is 0.468 e. The second kappa shape index (κ2) is 10.8. The molecule has 0 aromatic rings. The van der Waals surface area contributed by atoms with Gasteiger partial charge in [0.25, 0.3) is 6.47 Å². The standard InChI is InChI=1S/C9H17N.C3H6O2/c1-7(2)6-10-9(5)8(3)4;1-2-5-3-4/h7,10H,3,5-6H2,1-2,4H3;3H,2H2,1H3. The van der Waals surface area contributed by atoms with Gasteiger partial charge < -0.3 is 10.1 Å². The number of nitrogens with one attached hydrogen (secondary N) is 1. The van der Waals surface area contributed by atoms with Crippen LogP contribution in [0.3, 0.4) is 0 Å². The number of ether oxygens (including phenoxy) is 1. The average Bonchev–Trinajstić information content (AvgIpc) is 2.16. The molecule has 0 unspecified atom stereocenters. The van der Waals surface area contributed by atoms with Gasteiger partial charge in [-0.15, -0.1) is 0 Å². The Morgan fingerprint density at radius 3 is 2.20 bits per heavy atom. The maximum absolute atomic E-state index is 9.18. The normalized spacial score (nSPS) is 8.60. The number of carbonyl (C=O) groups is 1. The lowest BCUT2D eigenvalue weighted by Gasteiger charge is -2.10. The Labute approximate surface area is 93.2 Å². The van der Waals surface area contributed by atoms with Crippen molar-refractivity contribution in [2.24, 2.45) is 5.92 Å². The average molecular weight is 213 g/mol. The molecule has 0 atom stereocenters. The van der Waals surface area contributed by atoms with Crippen molar-refractivity contribution in [3.63, 3.8) is 0 Å². The van der Waals surface area contributed by atoms with Gasteiger partial charge in [-0.05, 0) is 25.3 Å². The first-order chi connectivity index (χ1) is 6.95. The molecule has 0 spiro atoms. The lowest BCUT2D eigenvalue weighted by atomic mass is 10.2. The van der Waals surface area contributed by atoms with Gasteiger partial charge in [0.05, 0.1) is 6.61 Å². The van der Waals surface area contributed by atoms with Crippen molar-refractivity contribution in [2.75, 3.05) is 13.2 Å². The maximum atomic E-state index is 9.18. The topological polar surface area (TPSA) is 38.3 Å². The Bertz CT molecular complexity index is 198. The molecule has 0 aromatic heterocycles. The third-order valence-corrected chi connectivity index (χ3v) is 1.47. The molecule has 0 aliphatic carbocycles. The molecule has 0 aromatic carbocycles. The van der Waals surface area contributed by atoms with E-state index in [1.807, 2.05) is 6.92 Å². The summed E-state index contributed by atoms with van der Waals surface area (Å²) in [4.78, 5) is 9.18. The Morgan fingerprint density at radius 2 is 2.00 bits per heavy atom. The number of rotatable bonds is 6. The van der Waals surface area contributed by atoms with Gasteiger partial charge >= 0.3 is 0 Å². The van der Waals surface area contributed by atoms with Crippen molar-refractivity contribution in [1.82, 2.24) is 5.32 Å². The highest BCUT2D eigenvalue weighted by Crippen LogP contribution is 1.99. The van der Waals surface area contributed by atoms with Crippen LogP contribution in [0.2, 0.25) is 0 Å². The molecule has 0 heterocycles. The molecular formula is C12H23NO2. The second-order valence-corrected chi connectivity index (χ2v) is 3.59. The monoisotopic (exact) mass is 213 g/mol. The van der Waals surface area contributed by atoms with E-state index in [-0.39, 0.29) is 0 Å². The molecule has 1 N–H and O–H groups in total. The van der Waals surface area contributed by atoms with Gasteiger partial charge in [-0.1, -0.05) is 27.0 Å². The van der Waals surface area contributed by atoms with E-state index in [0.29, 0.717) is 19.0 Å². The molecule has 0 radical (unpaired) electrons. The molecule has 3 heteroatoms. The molecule has 0 rings (SSSR count). The van der Waals surface area contributed by atoms with Crippen LogP contribution in [0.25, 0.3) is 0 Å². The van der Waals surface area contributed by atoms with Crippen molar-refractivity contribution in [3.8, 4) is 0 Å². The van der Waals surface area contributed by atoms with Gasteiger partial charge in [0.15, 0.2) is 0 Å². The minimum absolute atomic E-state index is 0.431. The summed E-state index contributed by atoms with van der Waals surface area (Å²) in [6.07, 6.45) is 0. The lowest BCUT2D eigenvalue weighted by Crippen LogP contribution is -2.18. The third-order valence-electron chi connectivity index (χ3n) is 1.47. The van der Waals surface area contributed by atoms with E-state index in [1.54, 1.807) is 6.92 Å². The van der Waals surface area contributed by atoms with Gasteiger partial charge in [-0.3, -0.25) is 4.79 Å². The Balaban J connectivity index is 0. The fraction of sp³-hybridized carbons (Fsp3) is 0.583. The molecule has 0 bridgehead atoms. The van der Waals surface area contributed by atoms with Crippen LogP contribution in [-0.2, 0) is 9.53 Å². The molecule has 0 saturated carbocycles. The van der Waals surface area contributed by atoms with Crippen LogP contribution in [0.4, 0.5) is 0 Å². The van der Waals surface area contributed by atoms with Gasteiger partial charge in [-0.25, -0.2) is 0 Å². The van der Waals surface area contributed by atoms with Crippen LogP contribution < -0.4 is 5.32 Å². The molecule has 88 valence electrons. The summed E-state index contributed by atoms with van der Waals surface area (Å²) < 4.78 is 4.15. The SMILES string of the molecule is C=C(C)C(=C)NCC(C)C.CCOC=O. The fourth-order valence-electron chi connectivity index (χ4n) is 0.546. The van der Waals surface area contributed by atoms with E-state index in [4.69, 9.17) is 0 Å². The molecule has 0 amide bonds. The summed E-state index contributed by atoms with van der Waals surface area (Å²) in [7, 11) is 0. The first-order valence-electron chi connectivity index (χ1n) is 5.09. The summed E-state index contributed by atoms with van der Waals surface area (Å²) in [6, 6.07) is 0. The van der Waals surface area contributed by atoms with Crippen molar-refractivity contribution in [2.45, 2.75) is 27.7 Å². The van der Waals surface area contributed by atoms with Crippen molar-refractivity contribution in [3.05, 3.63) is 24.4 Å². The van der Waals surface area contributed by atoms with E-state index in [1.165, 1.54) is 0 Å². The molecular weight excluding hydrogens is 190 g/mol. The van der Waals surface area contributed by atoms with Gasteiger partial charge in [0, 0.05) is 12.2 Å². The van der Waals surface area contributed by atoms with Crippen molar-refractivity contribution < 1.29 is 9.53 Å².